The molecule has 0 bridgehead atoms. The maximum absolute atomic E-state index is 12.6. The zero-order valence-electron chi connectivity index (χ0n) is 13.4. The predicted octanol–water partition coefficient (Wildman–Crippen LogP) is 2.43. The van der Waals surface area contributed by atoms with Crippen molar-refractivity contribution in [2.75, 3.05) is 19.5 Å². The van der Waals surface area contributed by atoms with Gasteiger partial charge >= 0.3 is 10.1 Å². The fraction of sp³-hybridized carbons (Fsp3) is 0.188. The van der Waals surface area contributed by atoms with Crippen molar-refractivity contribution in [3.05, 3.63) is 42.5 Å². The molecule has 0 saturated heterocycles. The summed E-state index contributed by atoms with van der Waals surface area (Å²) >= 11 is 0. The van der Waals surface area contributed by atoms with E-state index in [0.29, 0.717) is 5.75 Å². The summed E-state index contributed by atoms with van der Waals surface area (Å²) in [6, 6.07) is 10.6. The Morgan fingerprint density at radius 2 is 1.71 bits per heavy atom. The van der Waals surface area contributed by atoms with Crippen LogP contribution in [0, 0.1) is 0 Å². The van der Waals surface area contributed by atoms with Gasteiger partial charge < -0.3 is 19.0 Å². The molecule has 0 spiro atoms. The van der Waals surface area contributed by atoms with E-state index in [4.69, 9.17) is 13.7 Å². The van der Waals surface area contributed by atoms with Gasteiger partial charge in [-0.15, -0.1) is 0 Å². The van der Waals surface area contributed by atoms with Gasteiger partial charge in [0.05, 0.1) is 19.9 Å². The molecule has 2 aromatic carbocycles. The zero-order valence-corrected chi connectivity index (χ0v) is 14.2. The minimum atomic E-state index is -4.20. The number of methoxy groups -OCH3 is 2. The molecule has 24 heavy (non-hydrogen) atoms. The molecule has 0 aliphatic carbocycles. The van der Waals surface area contributed by atoms with Gasteiger partial charge in [0.2, 0.25) is 5.91 Å². The van der Waals surface area contributed by atoms with E-state index in [0.717, 1.165) is 0 Å². The number of hydrogen-bond acceptors (Lipinski definition) is 6. The lowest BCUT2D eigenvalue weighted by molar-refractivity contribution is -0.114. The average Bonchev–Trinajstić information content (AvgIpc) is 2.55. The van der Waals surface area contributed by atoms with Crippen LogP contribution in [-0.4, -0.2) is 28.5 Å². The van der Waals surface area contributed by atoms with Crippen molar-refractivity contribution in [3.8, 4) is 17.2 Å². The number of hydrogen-bond donors (Lipinski definition) is 1. The summed E-state index contributed by atoms with van der Waals surface area (Å²) in [7, 11) is -1.43. The molecule has 128 valence electrons. The molecular weight excluding hydrogens is 334 g/mol. The highest BCUT2D eigenvalue weighted by Gasteiger charge is 2.24. The third kappa shape index (κ3) is 3.96. The molecule has 1 amide bonds. The van der Waals surface area contributed by atoms with Gasteiger partial charge in [-0.05, 0) is 24.3 Å². The molecule has 2 aromatic rings. The molecule has 0 radical (unpaired) electrons. The summed E-state index contributed by atoms with van der Waals surface area (Å²) in [6.07, 6.45) is 0. The Balaban J connectivity index is 2.45. The minimum Gasteiger partial charge on any atom is -0.497 e. The molecule has 0 aliphatic rings. The van der Waals surface area contributed by atoms with Crippen LogP contribution < -0.4 is 19.0 Å². The highest BCUT2D eigenvalue weighted by atomic mass is 32.2. The Hall–Kier alpha value is -2.74. The van der Waals surface area contributed by atoms with Crippen molar-refractivity contribution in [3.63, 3.8) is 0 Å². The maximum Gasteiger partial charge on any atom is 0.343 e. The lowest BCUT2D eigenvalue weighted by Crippen LogP contribution is -2.14. The van der Waals surface area contributed by atoms with Gasteiger partial charge in [-0.1, -0.05) is 12.1 Å². The van der Waals surface area contributed by atoms with E-state index in [1.54, 1.807) is 18.2 Å². The first-order valence-electron chi connectivity index (χ1n) is 6.90. The Morgan fingerprint density at radius 3 is 2.33 bits per heavy atom. The highest BCUT2D eigenvalue weighted by Crippen LogP contribution is 2.32. The Bertz CT molecular complexity index is 847. The van der Waals surface area contributed by atoms with Crippen molar-refractivity contribution >= 4 is 21.7 Å². The summed E-state index contributed by atoms with van der Waals surface area (Å²) in [6.45, 7) is 1.32. The molecule has 8 heteroatoms. The van der Waals surface area contributed by atoms with Crippen LogP contribution >= 0.6 is 0 Å². The van der Waals surface area contributed by atoms with Crippen LogP contribution in [0.25, 0.3) is 0 Å². The van der Waals surface area contributed by atoms with Gasteiger partial charge in [-0.2, -0.15) is 8.42 Å². The Labute approximate surface area is 140 Å². The van der Waals surface area contributed by atoms with E-state index in [2.05, 4.69) is 5.32 Å². The first kappa shape index (κ1) is 17.6. The lowest BCUT2D eigenvalue weighted by atomic mass is 10.3. The van der Waals surface area contributed by atoms with Gasteiger partial charge in [-0.3, -0.25) is 4.79 Å². The van der Waals surface area contributed by atoms with E-state index < -0.39 is 10.1 Å². The van der Waals surface area contributed by atoms with Crippen LogP contribution in [0.1, 0.15) is 6.92 Å². The van der Waals surface area contributed by atoms with E-state index in [1.165, 1.54) is 45.4 Å². The Kier molecular flexibility index (Phi) is 5.30. The largest absolute Gasteiger partial charge is 0.497 e. The summed E-state index contributed by atoms with van der Waals surface area (Å²) in [5.41, 5.74) is 0.246. The lowest BCUT2D eigenvalue weighted by Gasteiger charge is -2.14. The second kappa shape index (κ2) is 7.22. The summed E-state index contributed by atoms with van der Waals surface area (Å²) in [5.74, 6) is 0.112. The molecule has 1 N–H and O–H groups in total. The molecule has 0 aromatic heterocycles. The average molecular weight is 351 g/mol. The van der Waals surface area contributed by atoms with Gasteiger partial charge in [0.25, 0.3) is 0 Å². The van der Waals surface area contributed by atoms with Gasteiger partial charge in [-0.25, -0.2) is 0 Å². The first-order valence-corrected chi connectivity index (χ1v) is 8.31. The van der Waals surface area contributed by atoms with Crippen molar-refractivity contribution in [1.82, 2.24) is 0 Å². The minimum absolute atomic E-state index is 0.00225. The van der Waals surface area contributed by atoms with E-state index in [-0.39, 0.29) is 28.0 Å². The van der Waals surface area contributed by atoms with Crippen LogP contribution in [0.4, 0.5) is 5.69 Å². The van der Waals surface area contributed by atoms with Gasteiger partial charge in [0.1, 0.15) is 11.5 Å². The van der Waals surface area contributed by atoms with Gasteiger partial charge in [0, 0.05) is 13.0 Å². The molecule has 0 fully saturated rings. The molecular formula is C16H17NO6S. The van der Waals surface area contributed by atoms with E-state index >= 15 is 0 Å². The van der Waals surface area contributed by atoms with Crippen LogP contribution in [-0.2, 0) is 14.9 Å². The normalized spacial score (nSPS) is 10.8. The van der Waals surface area contributed by atoms with Crippen LogP contribution in [0.3, 0.4) is 0 Å². The second-order valence-electron chi connectivity index (χ2n) is 4.73. The molecule has 0 aliphatic heterocycles. The molecule has 0 saturated carbocycles. The van der Waals surface area contributed by atoms with Crippen molar-refractivity contribution in [2.45, 2.75) is 11.8 Å². The highest BCUT2D eigenvalue weighted by molar-refractivity contribution is 7.87. The number of para-hydroxylation sites is 2. The quantitative estimate of drug-likeness (QED) is 0.804. The third-order valence-electron chi connectivity index (χ3n) is 3.04. The van der Waals surface area contributed by atoms with Crippen LogP contribution in [0.15, 0.2) is 47.4 Å². The number of amides is 1. The number of benzene rings is 2. The number of carbonyl (C=O) groups excluding carboxylic acids is 1. The van der Waals surface area contributed by atoms with Crippen molar-refractivity contribution < 1.29 is 26.9 Å². The van der Waals surface area contributed by atoms with E-state index in [1.807, 2.05) is 0 Å². The SMILES string of the molecule is COc1ccc(OC)c(S(=O)(=O)Oc2ccccc2NC(C)=O)c1. The number of nitrogens with one attached hydrogen (secondary N) is 1. The number of anilines is 1. The predicted molar refractivity (Wildman–Crippen MR) is 88.1 cm³/mol. The van der Waals surface area contributed by atoms with Crippen molar-refractivity contribution in [1.29, 1.82) is 0 Å². The summed E-state index contributed by atoms with van der Waals surface area (Å²) < 4.78 is 40.5. The summed E-state index contributed by atoms with van der Waals surface area (Å²) in [5, 5.41) is 2.51. The first-order chi connectivity index (χ1) is 11.4. The molecule has 0 unspecified atom stereocenters. The molecule has 0 atom stereocenters. The molecule has 0 heterocycles. The number of carbonyl (C=O) groups is 1. The second-order valence-corrected chi connectivity index (χ2v) is 6.25. The monoisotopic (exact) mass is 351 g/mol. The maximum atomic E-state index is 12.6. The molecule has 7 nitrogen and oxygen atoms in total. The summed E-state index contributed by atoms with van der Waals surface area (Å²) in [4.78, 5) is 11.1. The standard InChI is InChI=1S/C16H17NO6S/c1-11(18)17-13-6-4-5-7-14(13)23-24(19,20)16-10-12(21-2)8-9-15(16)22-3/h4-10H,1-3H3,(H,17,18). The smallest absolute Gasteiger partial charge is 0.343 e. The number of rotatable bonds is 6. The van der Waals surface area contributed by atoms with E-state index in [9.17, 15) is 13.2 Å². The fourth-order valence-electron chi connectivity index (χ4n) is 1.97. The number of ether oxygens (including phenoxy) is 2. The third-order valence-corrected chi connectivity index (χ3v) is 4.29. The zero-order chi connectivity index (χ0) is 17.7. The van der Waals surface area contributed by atoms with Crippen LogP contribution in [0.2, 0.25) is 0 Å². The van der Waals surface area contributed by atoms with Crippen molar-refractivity contribution in [2.24, 2.45) is 0 Å². The molecule has 2 rings (SSSR count). The topological polar surface area (TPSA) is 90.9 Å². The fourth-order valence-corrected chi connectivity index (χ4v) is 3.10. The van der Waals surface area contributed by atoms with Gasteiger partial charge in [0.15, 0.2) is 10.6 Å². The Morgan fingerprint density at radius 1 is 1.00 bits per heavy atom. The van der Waals surface area contributed by atoms with Crippen LogP contribution in [0.5, 0.6) is 17.2 Å².